The minimum Gasteiger partial charge on any atom is -0.353 e. The summed E-state index contributed by atoms with van der Waals surface area (Å²) in [5, 5.41) is 3.28. The van der Waals surface area contributed by atoms with Gasteiger partial charge in [0.1, 0.15) is 6.79 Å². The fraction of sp³-hybridized carbons (Fsp3) is 0.895. The van der Waals surface area contributed by atoms with Gasteiger partial charge in [-0.25, -0.2) is 0 Å². The molecule has 1 atom stereocenters. The van der Waals surface area contributed by atoms with Gasteiger partial charge < -0.3 is 10.1 Å². The average Bonchev–Trinajstić information content (AvgIpc) is 2.20. The quantitative estimate of drug-likeness (QED) is 0.825. The molecule has 1 saturated carbocycles. The van der Waals surface area contributed by atoms with Crippen molar-refractivity contribution < 1.29 is 9.59 Å². The number of rotatable bonds is 4. The number of nitrogens with one attached hydrogen (secondary N) is 1. The molecule has 0 aromatic rings. The van der Waals surface area contributed by atoms with E-state index in [-0.39, 0.29) is 28.1 Å². The number of hydrogen-bond donors (Lipinski definition) is 1. The van der Waals surface area contributed by atoms with E-state index in [4.69, 9.17) is 4.79 Å². The topological polar surface area (TPSA) is 46.2 Å². The highest BCUT2D eigenvalue weighted by molar-refractivity contribution is 5.80. The van der Waals surface area contributed by atoms with Crippen LogP contribution >= 0.6 is 0 Å². The van der Waals surface area contributed by atoms with Crippen LogP contribution in [0.2, 0.25) is 0 Å². The maximum absolute atomic E-state index is 12.8. The molecule has 0 heterocycles. The Labute approximate surface area is 137 Å². The molecule has 1 unspecified atom stereocenters. The molecule has 1 aliphatic carbocycles. The monoisotopic (exact) mass is 311 g/mol. The van der Waals surface area contributed by atoms with Crippen molar-refractivity contribution in [2.24, 2.45) is 22.2 Å². The molecule has 1 aliphatic rings. The van der Waals surface area contributed by atoms with Crippen molar-refractivity contribution in [2.45, 2.75) is 87.1 Å². The Morgan fingerprint density at radius 3 is 1.77 bits per heavy atom. The normalized spacial score (nSPS) is 17.8. The lowest BCUT2D eigenvalue weighted by molar-refractivity contribution is -0.136. The van der Waals surface area contributed by atoms with E-state index in [2.05, 4.69) is 60.7 Å². The Balaban J connectivity index is 0.00000211. The molecule has 0 aromatic carbocycles. The number of carbonyl (C=O) groups is 2. The molecule has 0 aliphatic heterocycles. The molecule has 0 spiro atoms. The average molecular weight is 312 g/mol. The van der Waals surface area contributed by atoms with Crippen molar-refractivity contribution >= 4 is 12.7 Å². The lowest BCUT2D eigenvalue weighted by Gasteiger charge is -2.45. The summed E-state index contributed by atoms with van der Waals surface area (Å²) in [5.41, 5.74) is 0.233. The van der Waals surface area contributed by atoms with Gasteiger partial charge in [0.15, 0.2) is 0 Å². The molecule has 3 heteroatoms. The molecule has 0 bridgehead atoms. The summed E-state index contributed by atoms with van der Waals surface area (Å²) in [6.07, 6.45) is 4.63. The van der Waals surface area contributed by atoms with Crippen molar-refractivity contribution in [1.82, 2.24) is 5.32 Å². The summed E-state index contributed by atoms with van der Waals surface area (Å²) in [6, 6.07) is 0.429. The molecule has 1 fully saturated rings. The zero-order valence-corrected chi connectivity index (χ0v) is 16.0. The van der Waals surface area contributed by atoms with Crippen molar-refractivity contribution in [3.05, 3.63) is 0 Å². The van der Waals surface area contributed by atoms with Gasteiger partial charge in [-0.2, -0.15) is 0 Å². The van der Waals surface area contributed by atoms with Gasteiger partial charge >= 0.3 is 0 Å². The highest BCUT2D eigenvalue weighted by atomic mass is 16.2. The maximum Gasteiger partial charge on any atom is 0.224 e. The van der Waals surface area contributed by atoms with Gasteiger partial charge in [0.25, 0.3) is 0 Å². The second-order valence-electron chi connectivity index (χ2n) is 9.66. The number of hydrogen-bond acceptors (Lipinski definition) is 2. The van der Waals surface area contributed by atoms with Gasteiger partial charge in [-0.15, -0.1) is 0 Å². The molecule has 22 heavy (non-hydrogen) atoms. The number of carbonyl (C=O) groups excluding carboxylic acids is 2. The summed E-state index contributed by atoms with van der Waals surface area (Å²) in [4.78, 5) is 20.8. The Morgan fingerprint density at radius 2 is 1.50 bits per heavy atom. The standard InChI is InChI=1S/C18H35NO.CH2O/c1-16(2,3)12-18(7,8)14(17(4,5)6)15(20)19-13-10-9-11-13;1-2/h13-14H,9-12H2,1-8H3,(H,19,20);1H2. The Hall–Kier alpha value is -0.860. The van der Waals surface area contributed by atoms with Crippen LogP contribution in [0.5, 0.6) is 0 Å². The molecule has 1 amide bonds. The first kappa shape index (κ1) is 21.1. The first-order valence-corrected chi connectivity index (χ1v) is 8.42. The van der Waals surface area contributed by atoms with Gasteiger partial charge in [0.2, 0.25) is 5.91 Å². The van der Waals surface area contributed by atoms with E-state index in [1.807, 2.05) is 6.79 Å². The van der Waals surface area contributed by atoms with Crippen LogP contribution < -0.4 is 5.32 Å². The van der Waals surface area contributed by atoms with Crippen LogP contribution in [-0.2, 0) is 9.59 Å². The summed E-state index contributed by atoms with van der Waals surface area (Å²) >= 11 is 0. The van der Waals surface area contributed by atoms with Crippen LogP contribution in [0.1, 0.15) is 81.1 Å². The van der Waals surface area contributed by atoms with E-state index < -0.39 is 0 Å². The fourth-order valence-electron chi connectivity index (χ4n) is 4.23. The third-order valence-corrected chi connectivity index (χ3v) is 4.35. The Kier molecular flexibility index (Phi) is 7.31. The van der Waals surface area contributed by atoms with E-state index in [9.17, 15) is 4.79 Å². The van der Waals surface area contributed by atoms with E-state index in [0.717, 1.165) is 19.3 Å². The molecular formula is C19H37NO2. The first-order chi connectivity index (χ1) is 9.83. The SMILES string of the molecule is C=O.CC(C)(C)CC(C)(C)C(C(=O)NC1CCC1)C(C)(C)C. The minimum atomic E-state index is -0.0113. The predicted molar refractivity (Wildman–Crippen MR) is 93.7 cm³/mol. The van der Waals surface area contributed by atoms with Gasteiger partial charge in [0.05, 0.1) is 0 Å². The Bertz CT molecular complexity index is 357. The van der Waals surface area contributed by atoms with Crippen molar-refractivity contribution in [3.8, 4) is 0 Å². The maximum atomic E-state index is 12.8. The molecule has 0 saturated heterocycles. The molecule has 0 radical (unpaired) electrons. The highest BCUT2D eigenvalue weighted by Crippen LogP contribution is 2.46. The minimum absolute atomic E-state index is 0.00430. The summed E-state index contributed by atoms with van der Waals surface area (Å²) in [6.45, 7) is 19.9. The zero-order valence-electron chi connectivity index (χ0n) is 16.0. The zero-order chi connectivity index (χ0) is 17.8. The van der Waals surface area contributed by atoms with Crippen LogP contribution in [0.25, 0.3) is 0 Å². The van der Waals surface area contributed by atoms with Crippen molar-refractivity contribution in [2.75, 3.05) is 0 Å². The molecule has 1 rings (SSSR count). The second kappa shape index (κ2) is 7.61. The van der Waals surface area contributed by atoms with E-state index in [0.29, 0.717) is 6.04 Å². The van der Waals surface area contributed by atoms with Gasteiger partial charge in [-0.05, 0) is 41.9 Å². The smallest absolute Gasteiger partial charge is 0.224 e. The van der Waals surface area contributed by atoms with E-state index in [1.165, 1.54) is 6.42 Å². The summed E-state index contributed by atoms with van der Waals surface area (Å²) < 4.78 is 0. The summed E-state index contributed by atoms with van der Waals surface area (Å²) in [5.74, 6) is 0.311. The van der Waals surface area contributed by atoms with Crippen LogP contribution in [0.4, 0.5) is 0 Å². The van der Waals surface area contributed by atoms with E-state index in [1.54, 1.807) is 0 Å². The van der Waals surface area contributed by atoms with Crippen LogP contribution in [0.15, 0.2) is 0 Å². The highest BCUT2D eigenvalue weighted by Gasteiger charge is 2.45. The molecule has 0 aromatic heterocycles. The molecule has 130 valence electrons. The lowest BCUT2D eigenvalue weighted by Crippen LogP contribution is -2.51. The lowest BCUT2D eigenvalue weighted by atomic mass is 9.60. The van der Waals surface area contributed by atoms with Crippen molar-refractivity contribution in [3.63, 3.8) is 0 Å². The van der Waals surface area contributed by atoms with Crippen LogP contribution in [0, 0.1) is 22.2 Å². The van der Waals surface area contributed by atoms with Gasteiger partial charge in [-0.1, -0.05) is 55.4 Å². The van der Waals surface area contributed by atoms with Crippen molar-refractivity contribution in [1.29, 1.82) is 0 Å². The fourth-order valence-corrected chi connectivity index (χ4v) is 4.23. The third kappa shape index (κ3) is 6.50. The second-order valence-corrected chi connectivity index (χ2v) is 9.66. The first-order valence-electron chi connectivity index (χ1n) is 8.42. The number of amides is 1. The van der Waals surface area contributed by atoms with Gasteiger partial charge in [0, 0.05) is 12.0 Å². The third-order valence-electron chi connectivity index (χ3n) is 4.35. The Morgan fingerprint density at radius 1 is 1.05 bits per heavy atom. The molecular weight excluding hydrogens is 274 g/mol. The summed E-state index contributed by atoms with van der Waals surface area (Å²) in [7, 11) is 0. The van der Waals surface area contributed by atoms with Crippen LogP contribution in [-0.4, -0.2) is 18.7 Å². The van der Waals surface area contributed by atoms with Crippen LogP contribution in [0.3, 0.4) is 0 Å². The van der Waals surface area contributed by atoms with E-state index >= 15 is 0 Å². The molecule has 3 nitrogen and oxygen atoms in total. The largest absolute Gasteiger partial charge is 0.353 e. The van der Waals surface area contributed by atoms with Gasteiger partial charge in [-0.3, -0.25) is 4.79 Å². The predicted octanol–water partition coefficient (Wildman–Crippen LogP) is 4.59. The molecule has 1 N–H and O–H groups in total.